The van der Waals surface area contributed by atoms with Crippen molar-refractivity contribution in [3.63, 3.8) is 0 Å². The zero-order valence-electron chi connectivity index (χ0n) is 14.2. The first-order valence-electron chi connectivity index (χ1n) is 7.94. The summed E-state index contributed by atoms with van der Waals surface area (Å²) in [5, 5.41) is 9.95. The third kappa shape index (κ3) is 4.41. The summed E-state index contributed by atoms with van der Waals surface area (Å²) in [6.45, 7) is 5.97. The predicted octanol–water partition coefficient (Wildman–Crippen LogP) is 3.23. The maximum atomic E-state index is 12.7. The van der Waals surface area contributed by atoms with E-state index in [-0.39, 0.29) is 12.5 Å². The van der Waals surface area contributed by atoms with Crippen LogP contribution in [0.2, 0.25) is 0 Å². The van der Waals surface area contributed by atoms with E-state index in [2.05, 4.69) is 4.98 Å². The van der Waals surface area contributed by atoms with E-state index in [1.54, 1.807) is 11.8 Å². The molecule has 5 nitrogen and oxygen atoms in total. The molecule has 1 atom stereocenters. The van der Waals surface area contributed by atoms with Gasteiger partial charge in [-0.3, -0.25) is 9.59 Å². The number of carboxylic acids is 1. The molecule has 0 aliphatic heterocycles. The van der Waals surface area contributed by atoms with Crippen molar-refractivity contribution >= 4 is 23.2 Å². The van der Waals surface area contributed by atoms with E-state index in [1.807, 2.05) is 44.2 Å². The van der Waals surface area contributed by atoms with Gasteiger partial charge in [-0.15, -0.1) is 11.3 Å². The summed E-state index contributed by atoms with van der Waals surface area (Å²) in [7, 11) is 0. The first kappa shape index (κ1) is 18.1. The standard InChI is InChI=1S/C18H22N2O3S/c1-4-20(11-12(2)18(22)23)17(21)16-13(3)19-15(24-16)10-14-8-6-5-7-9-14/h5-9,12H,4,10-11H2,1-3H3,(H,22,23)/t12-/m0/s1. The number of rotatable bonds is 7. The largest absolute Gasteiger partial charge is 0.481 e. The fourth-order valence-corrected chi connectivity index (χ4v) is 3.47. The highest BCUT2D eigenvalue weighted by Gasteiger charge is 2.24. The van der Waals surface area contributed by atoms with Crippen LogP contribution in [-0.4, -0.2) is 40.0 Å². The number of aliphatic carboxylic acids is 1. The Hall–Kier alpha value is -2.21. The van der Waals surface area contributed by atoms with Crippen molar-refractivity contribution in [3.05, 3.63) is 51.5 Å². The minimum atomic E-state index is -0.896. The van der Waals surface area contributed by atoms with Gasteiger partial charge in [0.25, 0.3) is 5.91 Å². The monoisotopic (exact) mass is 346 g/mol. The normalized spacial score (nSPS) is 12.0. The maximum absolute atomic E-state index is 12.7. The second-order valence-electron chi connectivity index (χ2n) is 5.77. The minimum absolute atomic E-state index is 0.139. The Labute approximate surface area is 146 Å². The van der Waals surface area contributed by atoms with Gasteiger partial charge >= 0.3 is 5.97 Å². The van der Waals surface area contributed by atoms with Crippen molar-refractivity contribution in [2.24, 2.45) is 5.92 Å². The van der Waals surface area contributed by atoms with Gasteiger partial charge in [0.2, 0.25) is 0 Å². The summed E-state index contributed by atoms with van der Waals surface area (Å²) in [4.78, 5) is 30.4. The van der Waals surface area contributed by atoms with Crippen LogP contribution in [0.4, 0.5) is 0 Å². The van der Waals surface area contributed by atoms with Gasteiger partial charge in [-0.2, -0.15) is 0 Å². The zero-order chi connectivity index (χ0) is 17.7. The maximum Gasteiger partial charge on any atom is 0.308 e. The number of carbonyl (C=O) groups excluding carboxylic acids is 1. The van der Waals surface area contributed by atoms with Crippen LogP contribution in [-0.2, 0) is 11.2 Å². The third-order valence-corrected chi connectivity index (χ3v) is 4.96. The molecule has 0 aliphatic rings. The number of benzene rings is 1. The Morgan fingerprint density at radius 1 is 1.29 bits per heavy atom. The van der Waals surface area contributed by atoms with Crippen LogP contribution in [0.1, 0.15) is 39.8 Å². The Morgan fingerprint density at radius 3 is 2.54 bits per heavy atom. The van der Waals surface area contributed by atoms with Crippen molar-refractivity contribution in [2.75, 3.05) is 13.1 Å². The Bertz CT molecular complexity index is 712. The third-order valence-electron chi connectivity index (χ3n) is 3.82. The molecule has 0 radical (unpaired) electrons. The van der Waals surface area contributed by atoms with Crippen molar-refractivity contribution in [1.29, 1.82) is 0 Å². The molecule has 1 heterocycles. The molecule has 0 bridgehead atoms. The number of hydrogen-bond acceptors (Lipinski definition) is 4. The van der Waals surface area contributed by atoms with Crippen molar-refractivity contribution in [2.45, 2.75) is 27.2 Å². The highest BCUT2D eigenvalue weighted by Crippen LogP contribution is 2.23. The zero-order valence-corrected chi connectivity index (χ0v) is 15.0. The molecule has 2 rings (SSSR count). The number of thiazole rings is 1. The van der Waals surface area contributed by atoms with E-state index in [4.69, 9.17) is 5.11 Å². The first-order chi connectivity index (χ1) is 11.4. The molecule has 0 saturated carbocycles. The fraction of sp³-hybridized carbons (Fsp3) is 0.389. The van der Waals surface area contributed by atoms with Gasteiger partial charge in [-0.1, -0.05) is 37.3 Å². The molecule has 0 fully saturated rings. The molecule has 24 heavy (non-hydrogen) atoms. The molecule has 0 unspecified atom stereocenters. The molecule has 128 valence electrons. The molecular formula is C18H22N2O3S. The average Bonchev–Trinajstić information content (AvgIpc) is 2.92. The van der Waals surface area contributed by atoms with Gasteiger partial charge in [0.05, 0.1) is 16.6 Å². The first-order valence-corrected chi connectivity index (χ1v) is 8.76. The lowest BCUT2D eigenvalue weighted by Crippen LogP contribution is -2.36. The van der Waals surface area contributed by atoms with Crippen LogP contribution in [0.15, 0.2) is 30.3 Å². The van der Waals surface area contributed by atoms with Crippen molar-refractivity contribution in [1.82, 2.24) is 9.88 Å². The average molecular weight is 346 g/mol. The van der Waals surface area contributed by atoms with Gasteiger partial charge in [0.1, 0.15) is 4.88 Å². The van der Waals surface area contributed by atoms with Crippen LogP contribution < -0.4 is 0 Å². The van der Waals surface area contributed by atoms with E-state index < -0.39 is 11.9 Å². The van der Waals surface area contributed by atoms with Gasteiger partial charge in [0.15, 0.2) is 0 Å². The van der Waals surface area contributed by atoms with Crippen LogP contribution in [0.25, 0.3) is 0 Å². The van der Waals surface area contributed by atoms with Crippen molar-refractivity contribution < 1.29 is 14.7 Å². The van der Waals surface area contributed by atoms with Crippen LogP contribution >= 0.6 is 11.3 Å². The second kappa shape index (κ2) is 8.06. The summed E-state index contributed by atoms with van der Waals surface area (Å²) in [5.41, 5.74) is 1.86. The topological polar surface area (TPSA) is 70.5 Å². The summed E-state index contributed by atoms with van der Waals surface area (Å²) in [5.74, 6) is -1.63. The molecule has 6 heteroatoms. The minimum Gasteiger partial charge on any atom is -0.481 e. The van der Waals surface area contributed by atoms with Gasteiger partial charge < -0.3 is 10.0 Å². The fourth-order valence-electron chi connectivity index (χ4n) is 2.40. The summed E-state index contributed by atoms with van der Waals surface area (Å²) >= 11 is 1.39. The predicted molar refractivity (Wildman–Crippen MR) is 94.5 cm³/mol. The van der Waals surface area contributed by atoms with E-state index in [0.717, 1.165) is 10.6 Å². The summed E-state index contributed by atoms with van der Waals surface area (Å²) in [6, 6.07) is 9.99. The number of aryl methyl sites for hydroxylation is 1. The number of hydrogen-bond donors (Lipinski definition) is 1. The molecule has 0 saturated heterocycles. The number of carboxylic acid groups (broad SMARTS) is 1. The smallest absolute Gasteiger partial charge is 0.308 e. The lowest BCUT2D eigenvalue weighted by Gasteiger charge is -2.22. The highest BCUT2D eigenvalue weighted by atomic mass is 32.1. The van der Waals surface area contributed by atoms with E-state index >= 15 is 0 Å². The van der Waals surface area contributed by atoms with Crippen LogP contribution in [0.3, 0.4) is 0 Å². The molecule has 0 aliphatic carbocycles. The molecule has 1 aromatic heterocycles. The van der Waals surface area contributed by atoms with E-state index in [1.165, 1.54) is 11.3 Å². The highest BCUT2D eigenvalue weighted by molar-refractivity contribution is 7.13. The molecule has 0 spiro atoms. The molecular weight excluding hydrogens is 324 g/mol. The second-order valence-corrected chi connectivity index (χ2v) is 6.85. The lowest BCUT2D eigenvalue weighted by atomic mass is 10.1. The number of carbonyl (C=O) groups is 2. The quantitative estimate of drug-likeness (QED) is 0.835. The number of amides is 1. The number of aromatic nitrogens is 1. The molecule has 1 N–H and O–H groups in total. The van der Waals surface area contributed by atoms with Gasteiger partial charge in [-0.25, -0.2) is 4.98 Å². The van der Waals surface area contributed by atoms with Gasteiger partial charge in [-0.05, 0) is 19.4 Å². The summed E-state index contributed by atoms with van der Waals surface area (Å²) in [6.07, 6.45) is 0.692. The Morgan fingerprint density at radius 2 is 1.96 bits per heavy atom. The van der Waals surface area contributed by atoms with E-state index in [0.29, 0.717) is 23.5 Å². The van der Waals surface area contributed by atoms with Crippen LogP contribution in [0.5, 0.6) is 0 Å². The molecule has 1 aromatic carbocycles. The Balaban J connectivity index is 2.15. The van der Waals surface area contributed by atoms with Crippen molar-refractivity contribution in [3.8, 4) is 0 Å². The van der Waals surface area contributed by atoms with Crippen LogP contribution in [0, 0.1) is 12.8 Å². The SMILES string of the molecule is CCN(C[C@H](C)C(=O)O)C(=O)c1sc(Cc2ccccc2)nc1C. The molecule has 1 amide bonds. The Kier molecular flexibility index (Phi) is 6.09. The van der Waals surface area contributed by atoms with Gasteiger partial charge in [0, 0.05) is 19.5 Å². The lowest BCUT2D eigenvalue weighted by molar-refractivity contribution is -0.141. The molecule has 2 aromatic rings. The number of nitrogens with zero attached hydrogens (tertiary/aromatic N) is 2. The summed E-state index contributed by atoms with van der Waals surface area (Å²) < 4.78 is 0. The van der Waals surface area contributed by atoms with E-state index in [9.17, 15) is 9.59 Å².